The fourth-order valence-electron chi connectivity index (χ4n) is 3.62. The van der Waals surface area contributed by atoms with E-state index in [0.717, 1.165) is 18.1 Å². The van der Waals surface area contributed by atoms with Gasteiger partial charge in [-0.1, -0.05) is 31.5 Å². The fourth-order valence-corrected chi connectivity index (χ4v) is 3.80. The fraction of sp³-hybridized carbons (Fsp3) is 0.600. The number of fused-ring (bicyclic) bond motifs is 1. The summed E-state index contributed by atoms with van der Waals surface area (Å²) in [7, 11) is 0. The van der Waals surface area contributed by atoms with Gasteiger partial charge in [-0.2, -0.15) is 0 Å². The summed E-state index contributed by atoms with van der Waals surface area (Å²) in [5.74, 6) is 0. The molecule has 0 radical (unpaired) electrons. The molecule has 2 saturated heterocycles. The normalized spacial score (nSPS) is 30.3. The summed E-state index contributed by atoms with van der Waals surface area (Å²) in [5, 5.41) is 4.52. The third kappa shape index (κ3) is 2.02. The topological polar surface area (TPSA) is 15.3 Å². The van der Waals surface area contributed by atoms with Gasteiger partial charge in [-0.15, -0.1) is 0 Å². The third-order valence-electron chi connectivity index (χ3n) is 4.39. The Balaban J connectivity index is 1.95. The predicted molar refractivity (Wildman–Crippen MR) is 77.4 cm³/mol. The average Bonchev–Trinajstić information content (AvgIpc) is 2.66. The van der Waals surface area contributed by atoms with Gasteiger partial charge in [0.25, 0.3) is 0 Å². The van der Waals surface area contributed by atoms with Crippen molar-refractivity contribution in [3.63, 3.8) is 0 Å². The van der Waals surface area contributed by atoms with Gasteiger partial charge in [-0.05, 0) is 36.5 Å². The van der Waals surface area contributed by atoms with E-state index in [1.807, 2.05) is 6.07 Å². The highest BCUT2D eigenvalue weighted by Crippen LogP contribution is 2.39. The van der Waals surface area contributed by atoms with Crippen LogP contribution in [0.2, 0.25) is 5.02 Å². The lowest BCUT2D eigenvalue weighted by atomic mass is 9.80. The summed E-state index contributed by atoms with van der Waals surface area (Å²) >= 11 is 6.14. The standard InChI is InChI=1S/C15H21ClN2/c1-15(2)10-17-13-7-4-8-18(14(13)15)12-6-3-5-11(16)9-12/h3,5-6,9,13-14,17H,4,7-8,10H2,1-2H3. The maximum absolute atomic E-state index is 6.14. The summed E-state index contributed by atoms with van der Waals surface area (Å²) in [6, 6.07) is 9.50. The molecule has 1 aromatic carbocycles. The first-order valence-corrected chi connectivity index (χ1v) is 7.21. The van der Waals surface area contributed by atoms with Gasteiger partial charge in [0.15, 0.2) is 0 Å². The molecule has 2 heterocycles. The quantitative estimate of drug-likeness (QED) is 0.837. The number of nitrogens with one attached hydrogen (secondary N) is 1. The number of halogens is 1. The lowest BCUT2D eigenvalue weighted by Crippen LogP contribution is -2.53. The zero-order chi connectivity index (χ0) is 12.8. The van der Waals surface area contributed by atoms with Crippen molar-refractivity contribution in [2.75, 3.05) is 18.0 Å². The van der Waals surface area contributed by atoms with Crippen molar-refractivity contribution in [1.82, 2.24) is 5.32 Å². The van der Waals surface area contributed by atoms with Crippen molar-refractivity contribution in [2.24, 2.45) is 5.41 Å². The Morgan fingerprint density at radius 1 is 1.39 bits per heavy atom. The Bertz CT molecular complexity index is 444. The first-order chi connectivity index (χ1) is 8.58. The van der Waals surface area contributed by atoms with E-state index in [2.05, 4.69) is 42.3 Å². The van der Waals surface area contributed by atoms with Gasteiger partial charge < -0.3 is 10.2 Å². The predicted octanol–water partition coefficient (Wildman–Crippen LogP) is 3.31. The number of rotatable bonds is 1. The van der Waals surface area contributed by atoms with Crippen molar-refractivity contribution < 1.29 is 0 Å². The number of nitrogens with zero attached hydrogens (tertiary/aromatic N) is 1. The molecule has 1 aromatic rings. The van der Waals surface area contributed by atoms with Crippen LogP contribution in [0, 0.1) is 5.41 Å². The second-order valence-electron chi connectivity index (χ2n) is 6.24. The number of piperidine rings is 1. The number of hydrogen-bond donors (Lipinski definition) is 1. The molecule has 2 unspecified atom stereocenters. The van der Waals surface area contributed by atoms with E-state index in [4.69, 9.17) is 11.6 Å². The molecule has 0 aromatic heterocycles. The van der Waals surface area contributed by atoms with Gasteiger partial charge in [0.2, 0.25) is 0 Å². The molecule has 0 aliphatic carbocycles. The van der Waals surface area contributed by atoms with Crippen LogP contribution in [0.25, 0.3) is 0 Å². The van der Waals surface area contributed by atoms with Crippen LogP contribution in [0.3, 0.4) is 0 Å². The first-order valence-electron chi connectivity index (χ1n) is 6.83. The van der Waals surface area contributed by atoms with Gasteiger partial charge in [0.1, 0.15) is 0 Å². The van der Waals surface area contributed by atoms with Crippen molar-refractivity contribution >= 4 is 17.3 Å². The van der Waals surface area contributed by atoms with Crippen LogP contribution < -0.4 is 10.2 Å². The number of benzene rings is 1. The molecule has 18 heavy (non-hydrogen) atoms. The van der Waals surface area contributed by atoms with Crippen molar-refractivity contribution in [3.05, 3.63) is 29.3 Å². The summed E-state index contributed by atoms with van der Waals surface area (Å²) < 4.78 is 0. The Labute approximate surface area is 114 Å². The maximum atomic E-state index is 6.14. The lowest BCUT2D eigenvalue weighted by molar-refractivity contribution is 0.291. The molecule has 98 valence electrons. The highest BCUT2D eigenvalue weighted by atomic mass is 35.5. The molecule has 0 bridgehead atoms. The molecule has 3 heteroatoms. The maximum Gasteiger partial charge on any atom is 0.0506 e. The number of anilines is 1. The second kappa shape index (κ2) is 4.43. The molecule has 2 aliphatic rings. The molecular weight excluding hydrogens is 244 g/mol. The minimum Gasteiger partial charge on any atom is -0.366 e. The van der Waals surface area contributed by atoms with Crippen LogP contribution in [0.1, 0.15) is 26.7 Å². The highest BCUT2D eigenvalue weighted by Gasteiger charge is 2.46. The molecule has 1 N–H and O–H groups in total. The van der Waals surface area contributed by atoms with Gasteiger partial charge in [-0.3, -0.25) is 0 Å². The van der Waals surface area contributed by atoms with E-state index >= 15 is 0 Å². The van der Waals surface area contributed by atoms with Gasteiger partial charge in [-0.25, -0.2) is 0 Å². The van der Waals surface area contributed by atoms with E-state index in [1.54, 1.807) is 0 Å². The third-order valence-corrected chi connectivity index (χ3v) is 4.63. The Morgan fingerprint density at radius 3 is 3.00 bits per heavy atom. The van der Waals surface area contributed by atoms with Crippen molar-refractivity contribution in [2.45, 2.75) is 38.8 Å². The van der Waals surface area contributed by atoms with Crippen molar-refractivity contribution in [3.8, 4) is 0 Å². The van der Waals surface area contributed by atoms with E-state index in [1.165, 1.54) is 18.5 Å². The minimum atomic E-state index is 0.327. The Hall–Kier alpha value is -0.730. The van der Waals surface area contributed by atoms with E-state index in [-0.39, 0.29) is 0 Å². The SMILES string of the molecule is CC1(C)CNC2CCCN(c3cccc(Cl)c3)C21. The first kappa shape index (κ1) is 12.3. The molecule has 2 nitrogen and oxygen atoms in total. The van der Waals surface area contributed by atoms with E-state index < -0.39 is 0 Å². The summed E-state index contributed by atoms with van der Waals surface area (Å²) in [4.78, 5) is 2.56. The van der Waals surface area contributed by atoms with Crippen LogP contribution in [-0.4, -0.2) is 25.2 Å². The molecular formula is C15H21ClN2. The molecule has 2 fully saturated rings. The second-order valence-corrected chi connectivity index (χ2v) is 6.67. The summed E-state index contributed by atoms with van der Waals surface area (Å²) in [6.07, 6.45) is 2.56. The average molecular weight is 265 g/mol. The lowest BCUT2D eigenvalue weighted by Gasteiger charge is -2.44. The van der Waals surface area contributed by atoms with E-state index in [9.17, 15) is 0 Å². The van der Waals surface area contributed by atoms with Crippen LogP contribution >= 0.6 is 11.6 Å². The van der Waals surface area contributed by atoms with Crippen molar-refractivity contribution in [1.29, 1.82) is 0 Å². The molecule has 0 saturated carbocycles. The zero-order valence-electron chi connectivity index (χ0n) is 11.1. The molecule has 3 rings (SSSR count). The van der Waals surface area contributed by atoms with Gasteiger partial charge in [0.05, 0.1) is 6.04 Å². The minimum absolute atomic E-state index is 0.327. The monoisotopic (exact) mass is 264 g/mol. The molecule has 2 atom stereocenters. The Kier molecular flexibility index (Phi) is 3.03. The largest absolute Gasteiger partial charge is 0.366 e. The van der Waals surface area contributed by atoms with Gasteiger partial charge in [0, 0.05) is 29.8 Å². The molecule has 2 aliphatic heterocycles. The van der Waals surface area contributed by atoms with Crippen LogP contribution in [0.15, 0.2) is 24.3 Å². The Morgan fingerprint density at radius 2 is 2.22 bits per heavy atom. The smallest absolute Gasteiger partial charge is 0.0506 e. The molecule has 0 spiro atoms. The van der Waals surface area contributed by atoms with Gasteiger partial charge >= 0.3 is 0 Å². The zero-order valence-corrected chi connectivity index (χ0v) is 11.9. The van der Waals surface area contributed by atoms with Crippen LogP contribution in [0.5, 0.6) is 0 Å². The van der Waals surface area contributed by atoms with Crippen LogP contribution in [-0.2, 0) is 0 Å². The van der Waals surface area contributed by atoms with E-state index in [0.29, 0.717) is 17.5 Å². The summed E-state index contributed by atoms with van der Waals surface area (Å²) in [6.45, 7) is 6.99. The number of hydrogen-bond acceptors (Lipinski definition) is 2. The summed E-state index contributed by atoms with van der Waals surface area (Å²) in [5.41, 5.74) is 1.60. The molecule has 0 amide bonds. The highest BCUT2D eigenvalue weighted by molar-refractivity contribution is 6.30. The van der Waals surface area contributed by atoms with Crippen LogP contribution in [0.4, 0.5) is 5.69 Å².